The van der Waals surface area contributed by atoms with Crippen molar-refractivity contribution in [3.8, 4) is 0 Å². The summed E-state index contributed by atoms with van der Waals surface area (Å²) in [6.07, 6.45) is 1.28. The summed E-state index contributed by atoms with van der Waals surface area (Å²) in [6.45, 7) is 0. The van der Waals surface area contributed by atoms with Crippen LogP contribution in [0.2, 0.25) is 0 Å². The van der Waals surface area contributed by atoms with Crippen LogP contribution in [0.3, 0.4) is 0 Å². The second-order valence-electron chi connectivity index (χ2n) is 9.92. The van der Waals surface area contributed by atoms with Gasteiger partial charge in [-0.25, -0.2) is 0 Å². The van der Waals surface area contributed by atoms with E-state index in [-0.39, 0.29) is 35.8 Å². The van der Waals surface area contributed by atoms with E-state index in [0.717, 1.165) is 0 Å². The average Bonchev–Trinajstić information content (AvgIpc) is 3.42. The zero-order chi connectivity index (χ0) is 26.9. The highest BCUT2D eigenvalue weighted by Crippen LogP contribution is 2.59. The number of carbonyl (C=O) groups excluding carboxylic acids is 4. The first kappa shape index (κ1) is 26.8. The molecule has 6 atom stereocenters. The van der Waals surface area contributed by atoms with Gasteiger partial charge in [-0.05, 0) is 43.0 Å². The molecule has 2 bridgehead atoms. The Morgan fingerprint density at radius 2 is 1.63 bits per heavy atom. The molecule has 1 saturated carbocycles. The fourth-order valence-electron chi connectivity index (χ4n) is 5.96. The summed E-state index contributed by atoms with van der Waals surface area (Å²) in [6, 6.07) is 16.5. The van der Waals surface area contributed by atoms with Crippen molar-refractivity contribution in [3.05, 3.63) is 71.8 Å². The monoisotopic (exact) mass is 554 g/mol. The molecule has 0 radical (unpaired) electrons. The molecule has 2 aliphatic heterocycles. The Morgan fingerprint density at radius 1 is 1.00 bits per heavy atom. The molecule has 3 aliphatic rings. The van der Waals surface area contributed by atoms with E-state index < -0.39 is 33.6 Å². The fraction of sp³-hybridized carbons (Fsp3) is 0.429. The number of esters is 1. The molecule has 0 spiro atoms. The number of benzene rings is 2. The third-order valence-corrected chi connectivity index (χ3v) is 11.0. The summed E-state index contributed by atoms with van der Waals surface area (Å²) in [4.78, 5) is 52.3. The number of fused-ring (bicyclic) bond motifs is 4. The number of ether oxygens (including phenoxy) is 1. The zero-order valence-electron chi connectivity index (χ0n) is 20.9. The van der Waals surface area contributed by atoms with Crippen molar-refractivity contribution in [2.75, 3.05) is 18.6 Å². The predicted octanol–water partition coefficient (Wildman–Crippen LogP) is 2.46. The molecule has 3 N–H and O–H groups in total. The number of methoxy groups -OCH3 is 1. The van der Waals surface area contributed by atoms with Crippen LogP contribution in [-0.2, 0) is 14.3 Å². The minimum Gasteiger partial charge on any atom is -0.469 e. The van der Waals surface area contributed by atoms with Crippen LogP contribution < -0.4 is 10.6 Å². The Hall–Kier alpha value is -2.82. The van der Waals surface area contributed by atoms with Crippen LogP contribution in [-0.4, -0.2) is 75.0 Å². The number of Topliss-reactive ketones (excluding diaryl/α,β-unsaturated/α-hetero) is 1. The molecule has 3 fully saturated rings. The maximum atomic E-state index is 14.1. The molecular weight excluding hydrogens is 524 g/mol. The molecule has 2 heterocycles. The van der Waals surface area contributed by atoms with Crippen molar-refractivity contribution in [1.82, 2.24) is 10.6 Å². The third-order valence-electron chi connectivity index (χ3n) is 7.88. The Balaban J connectivity index is 1.49. The Labute approximate surface area is 229 Å². The number of ketones is 1. The number of rotatable bonds is 8. The highest BCUT2D eigenvalue weighted by molar-refractivity contribution is 8.02. The van der Waals surface area contributed by atoms with E-state index in [1.165, 1.54) is 30.6 Å². The van der Waals surface area contributed by atoms with Crippen molar-refractivity contribution in [2.24, 2.45) is 5.92 Å². The lowest BCUT2D eigenvalue weighted by atomic mass is 9.61. The number of hydrogen-bond acceptors (Lipinski definition) is 8. The van der Waals surface area contributed by atoms with E-state index in [4.69, 9.17) is 4.74 Å². The van der Waals surface area contributed by atoms with Crippen LogP contribution in [0.25, 0.3) is 0 Å². The normalized spacial score (nSPS) is 31.4. The van der Waals surface area contributed by atoms with Crippen molar-refractivity contribution >= 4 is 47.1 Å². The quantitative estimate of drug-likeness (QED) is 0.426. The second-order valence-corrected chi connectivity index (χ2v) is 12.2. The van der Waals surface area contributed by atoms with Gasteiger partial charge in [-0.2, -0.15) is 11.8 Å². The summed E-state index contributed by atoms with van der Waals surface area (Å²) in [5.74, 6) is -0.976. The largest absolute Gasteiger partial charge is 0.469 e. The maximum Gasteiger partial charge on any atom is 0.305 e. The molecule has 2 aromatic rings. The zero-order valence-corrected chi connectivity index (χ0v) is 22.6. The number of carbonyl (C=O) groups is 4. The van der Waals surface area contributed by atoms with E-state index >= 15 is 0 Å². The molecule has 38 heavy (non-hydrogen) atoms. The van der Waals surface area contributed by atoms with Gasteiger partial charge in [0.25, 0.3) is 11.8 Å². The van der Waals surface area contributed by atoms with Crippen LogP contribution >= 0.6 is 23.5 Å². The first-order valence-corrected chi connectivity index (χ1v) is 14.7. The molecule has 1 aliphatic carbocycles. The van der Waals surface area contributed by atoms with Gasteiger partial charge in [-0.3, -0.25) is 19.2 Å². The van der Waals surface area contributed by atoms with Gasteiger partial charge >= 0.3 is 5.97 Å². The summed E-state index contributed by atoms with van der Waals surface area (Å²) < 4.78 is 4.77. The van der Waals surface area contributed by atoms with Gasteiger partial charge in [0, 0.05) is 34.3 Å². The first-order chi connectivity index (χ1) is 18.3. The van der Waals surface area contributed by atoms with Crippen LogP contribution in [0.15, 0.2) is 60.7 Å². The van der Waals surface area contributed by atoms with Crippen molar-refractivity contribution in [2.45, 2.75) is 46.9 Å². The molecule has 2 amide bonds. The Kier molecular flexibility index (Phi) is 7.57. The van der Waals surface area contributed by atoms with Crippen LogP contribution in [0.4, 0.5) is 0 Å². The van der Waals surface area contributed by atoms with Gasteiger partial charge in [-0.1, -0.05) is 36.4 Å². The van der Waals surface area contributed by atoms with Crippen molar-refractivity contribution in [3.63, 3.8) is 0 Å². The molecule has 0 unspecified atom stereocenters. The molecule has 2 saturated heterocycles. The van der Waals surface area contributed by atoms with Gasteiger partial charge in [0.2, 0.25) is 0 Å². The van der Waals surface area contributed by atoms with Gasteiger partial charge in [0.05, 0.1) is 18.4 Å². The maximum absolute atomic E-state index is 14.1. The Bertz CT molecular complexity index is 1230. The third kappa shape index (κ3) is 4.42. The topological polar surface area (TPSA) is 122 Å². The molecule has 8 nitrogen and oxygen atoms in total. The highest BCUT2D eigenvalue weighted by atomic mass is 32.2. The molecule has 0 aromatic heterocycles. The second kappa shape index (κ2) is 10.7. The van der Waals surface area contributed by atoms with Gasteiger partial charge < -0.3 is 20.5 Å². The molecular formula is C28H30N2O6S2. The smallest absolute Gasteiger partial charge is 0.305 e. The number of aliphatic hydroxyl groups is 1. The summed E-state index contributed by atoms with van der Waals surface area (Å²) >= 11 is 2.95. The minimum atomic E-state index is -1.72. The van der Waals surface area contributed by atoms with Crippen molar-refractivity contribution < 1.29 is 29.0 Å². The van der Waals surface area contributed by atoms with E-state index in [1.54, 1.807) is 54.6 Å². The summed E-state index contributed by atoms with van der Waals surface area (Å²) in [7, 11) is 1.34. The molecule has 2 aromatic carbocycles. The SMILES string of the molecule is COC(=O)CCC[C@H]1[C@@H]2SC[C@](NC(=O)c3ccccc3)(C2=O)[C@]2(O)[C@@H](NC(=O)c3ccccc3)CS[C@H]12. The number of nitrogens with one attached hydrogen (secondary N) is 2. The predicted molar refractivity (Wildman–Crippen MR) is 146 cm³/mol. The lowest BCUT2D eigenvalue weighted by Gasteiger charge is -2.52. The molecule has 200 valence electrons. The molecule has 10 heteroatoms. The van der Waals surface area contributed by atoms with E-state index in [1.807, 2.05) is 6.07 Å². The van der Waals surface area contributed by atoms with Gasteiger partial charge in [0.1, 0.15) is 11.1 Å². The highest BCUT2D eigenvalue weighted by Gasteiger charge is 2.75. The standard InChI is InChI=1S/C28H30N2O6S2/c1-36-21(31)14-8-13-19-22-23(32)27(16-38-22,30-26(34)18-11-6-3-7-12-18)28(35)20(15-37-24(19)28)29-25(33)17-9-4-2-5-10-17/h2-7,9-12,19-20,22,24,35H,8,13-16H2,1H3,(H,29,33)(H,30,34)/t19-,20-,22-,24+,27-,28-/m0/s1. The number of hydrogen-bond donors (Lipinski definition) is 3. The van der Waals surface area contributed by atoms with Gasteiger partial charge in [-0.15, -0.1) is 11.8 Å². The molecule has 5 rings (SSSR count). The van der Waals surface area contributed by atoms with Crippen LogP contribution in [0.1, 0.15) is 40.0 Å². The van der Waals surface area contributed by atoms with Crippen molar-refractivity contribution in [1.29, 1.82) is 0 Å². The summed E-state index contributed by atoms with van der Waals surface area (Å²) in [5.41, 5.74) is -2.45. The average molecular weight is 555 g/mol. The summed E-state index contributed by atoms with van der Waals surface area (Å²) in [5, 5.41) is 17.7. The fourth-order valence-corrected chi connectivity index (χ4v) is 9.72. The van der Waals surface area contributed by atoms with E-state index in [0.29, 0.717) is 29.7 Å². The minimum absolute atomic E-state index is 0.202. The number of thioether (sulfide) groups is 2. The van der Waals surface area contributed by atoms with Crippen LogP contribution in [0.5, 0.6) is 0 Å². The lowest BCUT2D eigenvalue weighted by molar-refractivity contribution is -0.145. The lowest BCUT2D eigenvalue weighted by Crippen LogP contribution is -2.80. The number of amides is 2. The van der Waals surface area contributed by atoms with E-state index in [9.17, 15) is 24.3 Å². The van der Waals surface area contributed by atoms with Gasteiger partial charge in [0.15, 0.2) is 5.78 Å². The Morgan fingerprint density at radius 3 is 2.26 bits per heavy atom. The van der Waals surface area contributed by atoms with E-state index in [2.05, 4.69) is 10.6 Å². The van der Waals surface area contributed by atoms with Crippen LogP contribution in [0, 0.1) is 5.92 Å². The first-order valence-electron chi connectivity index (χ1n) is 12.6.